The Bertz CT molecular complexity index is 373. The average Bonchev–Trinajstić information content (AvgIpc) is 2.24. The number of aromatic amines is 1. The second kappa shape index (κ2) is 5.98. The molecule has 0 radical (unpaired) electrons. The van der Waals surface area contributed by atoms with Gasteiger partial charge in [0.1, 0.15) is 0 Å². The molecule has 0 bridgehead atoms. The monoisotopic (exact) mass is 209 g/mol. The first-order valence-electron chi connectivity index (χ1n) is 4.85. The van der Waals surface area contributed by atoms with E-state index in [-0.39, 0.29) is 11.5 Å². The fourth-order valence-electron chi connectivity index (χ4n) is 1.15. The summed E-state index contributed by atoms with van der Waals surface area (Å²) >= 11 is 0. The van der Waals surface area contributed by atoms with Gasteiger partial charge in [0, 0.05) is 24.4 Å². The summed E-state index contributed by atoms with van der Waals surface area (Å²) in [5.41, 5.74) is 0.126. The largest absolute Gasteiger partial charge is 0.352 e. The summed E-state index contributed by atoms with van der Waals surface area (Å²) in [5.74, 6) is -0.211. The van der Waals surface area contributed by atoms with Gasteiger partial charge >= 0.3 is 0 Å². The first-order chi connectivity index (χ1) is 7.24. The van der Waals surface area contributed by atoms with Gasteiger partial charge in [0.2, 0.25) is 5.56 Å². The van der Waals surface area contributed by atoms with Gasteiger partial charge in [0.15, 0.2) is 0 Å². The van der Waals surface area contributed by atoms with Crippen molar-refractivity contribution in [3.8, 4) is 0 Å². The third kappa shape index (κ3) is 3.95. The van der Waals surface area contributed by atoms with Gasteiger partial charge in [-0.25, -0.2) is 0 Å². The summed E-state index contributed by atoms with van der Waals surface area (Å²) < 4.78 is 0. The van der Waals surface area contributed by atoms with Crippen molar-refractivity contribution in [2.75, 3.05) is 20.1 Å². The molecule has 5 heteroatoms. The first kappa shape index (κ1) is 11.5. The number of hydrogen-bond acceptors (Lipinski definition) is 3. The number of amides is 1. The molecule has 0 saturated heterocycles. The highest BCUT2D eigenvalue weighted by molar-refractivity contribution is 5.93. The normalized spacial score (nSPS) is 9.93. The van der Waals surface area contributed by atoms with E-state index in [1.54, 1.807) is 6.07 Å². The lowest BCUT2D eigenvalue weighted by molar-refractivity contribution is 0.0953. The molecular weight excluding hydrogens is 194 g/mol. The van der Waals surface area contributed by atoms with Gasteiger partial charge in [-0.3, -0.25) is 9.59 Å². The van der Waals surface area contributed by atoms with Gasteiger partial charge in [-0.15, -0.1) is 0 Å². The minimum Gasteiger partial charge on any atom is -0.352 e. The SMILES string of the molecule is CNCCCNC(=O)c1cc[nH]c(=O)c1. The molecule has 3 N–H and O–H groups in total. The Balaban J connectivity index is 2.44. The zero-order valence-corrected chi connectivity index (χ0v) is 8.67. The van der Waals surface area contributed by atoms with E-state index >= 15 is 0 Å². The fourth-order valence-corrected chi connectivity index (χ4v) is 1.15. The lowest BCUT2D eigenvalue weighted by Gasteiger charge is -2.04. The molecule has 1 aromatic rings. The summed E-state index contributed by atoms with van der Waals surface area (Å²) in [7, 11) is 1.86. The minimum absolute atomic E-state index is 0.211. The molecule has 1 heterocycles. The van der Waals surface area contributed by atoms with Crippen LogP contribution in [-0.4, -0.2) is 31.0 Å². The number of carbonyl (C=O) groups is 1. The summed E-state index contributed by atoms with van der Waals surface area (Å²) in [6, 6.07) is 2.86. The van der Waals surface area contributed by atoms with E-state index < -0.39 is 0 Å². The van der Waals surface area contributed by atoms with Crippen molar-refractivity contribution >= 4 is 5.91 Å². The van der Waals surface area contributed by atoms with Crippen LogP contribution < -0.4 is 16.2 Å². The van der Waals surface area contributed by atoms with E-state index in [9.17, 15) is 9.59 Å². The van der Waals surface area contributed by atoms with E-state index in [0.717, 1.165) is 13.0 Å². The topological polar surface area (TPSA) is 74.0 Å². The molecule has 0 unspecified atom stereocenters. The molecule has 0 aliphatic heterocycles. The molecule has 0 aliphatic rings. The Labute approximate surface area is 87.9 Å². The smallest absolute Gasteiger partial charge is 0.251 e. The van der Waals surface area contributed by atoms with Gasteiger partial charge in [0.05, 0.1) is 0 Å². The molecule has 82 valence electrons. The second-order valence-electron chi connectivity index (χ2n) is 3.15. The molecule has 1 aromatic heterocycles. The highest BCUT2D eigenvalue weighted by atomic mass is 16.2. The maximum Gasteiger partial charge on any atom is 0.251 e. The van der Waals surface area contributed by atoms with Crippen LogP contribution in [-0.2, 0) is 0 Å². The summed E-state index contributed by atoms with van der Waals surface area (Å²) in [5, 5.41) is 5.71. The van der Waals surface area contributed by atoms with Crippen molar-refractivity contribution < 1.29 is 4.79 Å². The number of rotatable bonds is 5. The lowest BCUT2D eigenvalue weighted by atomic mass is 10.2. The maximum absolute atomic E-state index is 11.5. The van der Waals surface area contributed by atoms with Crippen molar-refractivity contribution in [2.24, 2.45) is 0 Å². The molecule has 5 nitrogen and oxygen atoms in total. The number of hydrogen-bond donors (Lipinski definition) is 3. The molecule has 0 spiro atoms. The van der Waals surface area contributed by atoms with Crippen LogP contribution in [0.25, 0.3) is 0 Å². The van der Waals surface area contributed by atoms with Crippen molar-refractivity contribution in [3.05, 3.63) is 34.2 Å². The van der Waals surface area contributed by atoms with Crippen LogP contribution in [0, 0.1) is 0 Å². The Morgan fingerprint density at radius 2 is 2.27 bits per heavy atom. The Kier molecular flexibility index (Phi) is 4.56. The zero-order valence-electron chi connectivity index (χ0n) is 8.67. The van der Waals surface area contributed by atoms with Crippen LogP contribution in [0.4, 0.5) is 0 Å². The van der Waals surface area contributed by atoms with Crippen LogP contribution >= 0.6 is 0 Å². The van der Waals surface area contributed by atoms with E-state index in [1.807, 2.05) is 7.05 Å². The van der Waals surface area contributed by atoms with Gasteiger partial charge in [-0.1, -0.05) is 0 Å². The molecular formula is C10H15N3O2. The first-order valence-corrected chi connectivity index (χ1v) is 4.85. The number of aromatic nitrogens is 1. The third-order valence-electron chi connectivity index (χ3n) is 1.93. The van der Waals surface area contributed by atoms with Crippen molar-refractivity contribution in [2.45, 2.75) is 6.42 Å². The van der Waals surface area contributed by atoms with Crippen LogP contribution in [0.1, 0.15) is 16.8 Å². The van der Waals surface area contributed by atoms with Crippen LogP contribution in [0.15, 0.2) is 23.1 Å². The molecule has 0 aliphatic carbocycles. The summed E-state index contributed by atoms with van der Waals surface area (Å²) in [6.07, 6.45) is 2.33. The van der Waals surface area contributed by atoms with Gasteiger partial charge in [-0.05, 0) is 26.1 Å². The van der Waals surface area contributed by atoms with Crippen molar-refractivity contribution in [1.29, 1.82) is 0 Å². The molecule has 0 atom stereocenters. The molecule has 1 amide bonds. The number of nitrogens with one attached hydrogen (secondary N) is 3. The molecule has 0 aromatic carbocycles. The van der Waals surface area contributed by atoms with Gasteiger partial charge < -0.3 is 15.6 Å². The van der Waals surface area contributed by atoms with Crippen molar-refractivity contribution in [3.63, 3.8) is 0 Å². The molecule has 1 rings (SSSR count). The van der Waals surface area contributed by atoms with E-state index in [2.05, 4.69) is 15.6 Å². The lowest BCUT2D eigenvalue weighted by Crippen LogP contribution is -2.27. The van der Waals surface area contributed by atoms with Gasteiger partial charge in [-0.2, -0.15) is 0 Å². The average molecular weight is 209 g/mol. The summed E-state index contributed by atoms with van der Waals surface area (Å²) in [4.78, 5) is 24.9. The Morgan fingerprint density at radius 1 is 1.47 bits per heavy atom. The summed E-state index contributed by atoms with van der Waals surface area (Å²) in [6.45, 7) is 1.46. The van der Waals surface area contributed by atoms with Crippen LogP contribution in [0.2, 0.25) is 0 Å². The number of carbonyl (C=O) groups excluding carboxylic acids is 1. The fraction of sp³-hybridized carbons (Fsp3) is 0.400. The quantitative estimate of drug-likeness (QED) is 0.584. The van der Waals surface area contributed by atoms with Crippen LogP contribution in [0.5, 0.6) is 0 Å². The van der Waals surface area contributed by atoms with E-state index in [0.29, 0.717) is 12.1 Å². The van der Waals surface area contributed by atoms with Gasteiger partial charge in [0.25, 0.3) is 5.91 Å². The number of pyridine rings is 1. The highest BCUT2D eigenvalue weighted by Crippen LogP contribution is 1.92. The standard InChI is InChI=1S/C10H15N3O2/c1-11-4-2-5-13-10(15)8-3-6-12-9(14)7-8/h3,6-7,11H,2,4-5H2,1H3,(H,12,14)(H,13,15). The molecule has 15 heavy (non-hydrogen) atoms. The minimum atomic E-state index is -0.266. The van der Waals surface area contributed by atoms with Crippen LogP contribution in [0.3, 0.4) is 0 Å². The maximum atomic E-state index is 11.5. The predicted molar refractivity (Wildman–Crippen MR) is 57.9 cm³/mol. The third-order valence-corrected chi connectivity index (χ3v) is 1.93. The Hall–Kier alpha value is -1.62. The van der Waals surface area contributed by atoms with Crippen molar-refractivity contribution in [1.82, 2.24) is 15.6 Å². The second-order valence-corrected chi connectivity index (χ2v) is 3.15. The zero-order chi connectivity index (χ0) is 11.1. The molecule has 0 saturated carbocycles. The van der Waals surface area contributed by atoms with E-state index in [1.165, 1.54) is 12.3 Å². The molecule has 0 fully saturated rings. The Morgan fingerprint density at radius 3 is 2.93 bits per heavy atom. The number of H-pyrrole nitrogens is 1. The van der Waals surface area contributed by atoms with E-state index in [4.69, 9.17) is 0 Å². The highest BCUT2D eigenvalue weighted by Gasteiger charge is 2.03. The predicted octanol–water partition coefficient (Wildman–Crippen LogP) is -0.286.